The van der Waals surface area contributed by atoms with E-state index in [-0.39, 0.29) is 30.6 Å². The number of nitrogens with zero attached hydrogens (tertiary/aromatic N) is 2. The number of hydrogen-bond donors (Lipinski definition) is 1. The van der Waals surface area contributed by atoms with Crippen molar-refractivity contribution in [2.75, 3.05) is 0 Å². The number of hydrogen-bond acceptors (Lipinski definition) is 2. The van der Waals surface area contributed by atoms with Crippen LogP contribution in [0, 0.1) is 24.7 Å². The maximum atomic E-state index is 12.8. The van der Waals surface area contributed by atoms with Crippen LogP contribution in [0.5, 0.6) is 0 Å². The van der Waals surface area contributed by atoms with Gasteiger partial charge >= 0.3 is 6.18 Å². The molecule has 1 amide bonds. The van der Waals surface area contributed by atoms with Crippen LogP contribution in [0.2, 0.25) is 5.02 Å². The summed E-state index contributed by atoms with van der Waals surface area (Å²) in [5, 5.41) is 6.13. The Morgan fingerprint density at radius 2 is 2.12 bits per heavy atom. The number of carbonyl (C=O) groups is 1. The summed E-state index contributed by atoms with van der Waals surface area (Å²) in [6.45, 7) is 3.58. The molecular formula is C17H23ClF3N3O. The molecule has 2 aliphatic rings. The highest BCUT2D eigenvalue weighted by atomic mass is 35.5. The Labute approximate surface area is 150 Å². The van der Waals surface area contributed by atoms with Crippen LogP contribution in [-0.2, 0) is 17.5 Å². The van der Waals surface area contributed by atoms with Crippen molar-refractivity contribution in [3.05, 3.63) is 16.4 Å². The van der Waals surface area contributed by atoms with Gasteiger partial charge in [0.1, 0.15) is 0 Å². The minimum atomic E-state index is -4.59. The first-order valence-electron chi connectivity index (χ1n) is 8.76. The number of rotatable bonds is 5. The van der Waals surface area contributed by atoms with Crippen LogP contribution >= 0.6 is 11.6 Å². The molecule has 4 nitrogen and oxygen atoms in total. The topological polar surface area (TPSA) is 46.9 Å². The number of nitrogens with one attached hydrogen (secondary N) is 1. The Balaban J connectivity index is 1.54. The van der Waals surface area contributed by atoms with Gasteiger partial charge in [0.2, 0.25) is 5.91 Å². The van der Waals surface area contributed by atoms with Crippen molar-refractivity contribution in [1.82, 2.24) is 15.1 Å². The number of aromatic nitrogens is 2. The average Bonchev–Trinajstić information content (AvgIpc) is 3.21. The summed E-state index contributed by atoms with van der Waals surface area (Å²) in [7, 11) is 0. The molecule has 0 spiro atoms. The van der Waals surface area contributed by atoms with Gasteiger partial charge in [-0.05, 0) is 50.9 Å². The first kappa shape index (κ1) is 18.5. The van der Waals surface area contributed by atoms with E-state index in [0.29, 0.717) is 11.8 Å². The second kappa shape index (κ2) is 6.82. The van der Waals surface area contributed by atoms with Gasteiger partial charge in [0.05, 0.1) is 17.3 Å². The van der Waals surface area contributed by atoms with Gasteiger partial charge in [0.15, 0.2) is 5.69 Å². The third-order valence-corrected chi connectivity index (χ3v) is 6.23. The molecule has 1 N–H and O–H groups in total. The lowest BCUT2D eigenvalue weighted by Gasteiger charge is -2.28. The van der Waals surface area contributed by atoms with Gasteiger partial charge in [-0.1, -0.05) is 18.0 Å². The normalized spacial score (nSPS) is 26.9. The molecule has 0 saturated heterocycles. The number of halogens is 4. The fourth-order valence-corrected chi connectivity index (χ4v) is 4.71. The summed E-state index contributed by atoms with van der Waals surface area (Å²) in [4.78, 5) is 12.2. The van der Waals surface area contributed by atoms with E-state index >= 15 is 0 Å². The number of amides is 1. The van der Waals surface area contributed by atoms with E-state index in [1.807, 2.05) is 6.92 Å². The SMILES string of the molecule is Cc1c(Cl)c(C(F)(F)F)nn1CCC(=O)NC(C)C1CC2CCC1C2. The van der Waals surface area contributed by atoms with E-state index in [1.54, 1.807) is 0 Å². The first-order chi connectivity index (χ1) is 11.7. The van der Waals surface area contributed by atoms with E-state index in [1.165, 1.54) is 32.6 Å². The van der Waals surface area contributed by atoms with Gasteiger partial charge in [-0.15, -0.1) is 0 Å². The maximum Gasteiger partial charge on any atom is 0.436 e. The molecule has 4 unspecified atom stereocenters. The van der Waals surface area contributed by atoms with Crippen molar-refractivity contribution in [2.24, 2.45) is 17.8 Å². The summed E-state index contributed by atoms with van der Waals surface area (Å²) in [6, 6.07) is 0.107. The Hall–Kier alpha value is -1.24. The van der Waals surface area contributed by atoms with Crippen molar-refractivity contribution in [1.29, 1.82) is 0 Å². The summed E-state index contributed by atoms with van der Waals surface area (Å²) < 4.78 is 39.6. The van der Waals surface area contributed by atoms with Crippen LogP contribution in [0.1, 0.15) is 50.4 Å². The van der Waals surface area contributed by atoms with Crippen molar-refractivity contribution < 1.29 is 18.0 Å². The molecule has 140 valence electrons. The summed E-state index contributed by atoms with van der Waals surface area (Å²) in [5.41, 5.74) is -0.870. The van der Waals surface area contributed by atoms with Gasteiger partial charge in [0, 0.05) is 12.5 Å². The van der Waals surface area contributed by atoms with Crippen LogP contribution < -0.4 is 5.32 Å². The zero-order valence-electron chi connectivity index (χ0n) is 14.4. The van der Waals surface area contributed by atoms with Crippen molar-refractivity contribution in [3.8, 4) is 0 Å². The van der Waals surface area contributed by atoms with Crippen LogP contribution in [0.25, 0.3) is 0 Å². The number of alkyl halides is 3. The molecule has 2 fully saturated rings. The molecule has 2 aliphatic carbocycles. The third-order valence-electron chi connectivity index (χ3n) is 5.78. The van der Waals surface area contributed by atoms with Gasteiger partial charge in [-0.2, -0.15) is 18.3 Å². The molecule has 0 radical (unpaired) electrons. The molecule has 3 rings (SSSR count). The highest BCUT2D eigenvalue weighted by Crippen LogP contribution is 2.49. The molecule has 8 heteroatoms. The van der Waals surface area contributed by atoms with E-state index in [0.717, 1.165) is 10.6 Å². The molecule has 0 aliphatic heterocycles. The largest absolute Gasteiger partial charge is 0.436 e. The number of aryl methyl sites for hydroxylation is 1. The molecule has 2 bridgehead atoms. The molecule has 1 aromatic heterocycles. The maximum absolute atomic E-state index is 12.8. The molecule has 1 heterocycles. The second-order valence-electron chi connectivity index (χ2n) is 7.41. The standard InChI is InChI=1S/C17H23ClF3N3O/c1-9(13-8-11-3-4-12(13)7-11)22-14(25)5-6-24-10(2)15(18)16(23-24)17(19,20)21/h9,11-13H,3-8H2,1-2H3,(H,22,25). The Bertz CT molecular complexity index is 658. The predicted molar refractivity (Wildman–Crippen MR) is 88.1 cm³/mol. The minimum absolute atomic E-state index is 0.0803. The Kier molecular flexibility index (Phi) is 5.06. The van der Waals surface area contributed by atoms with Crippen molar-refractivity contribution >= 4 is 17.5 Å². The molecule has 1 aromatic rings. The highest BCUT2D eigenvalue weighted by Gasteiger charge is 2.42. The molecule has 2 saturated carbocycles. The number of carbonyl (C=O) groups excluding carboxylic acids is 1. The van der Waals surface area contributed by atoms with Crippen LogP contribution in [0.4, 0.5) is 13.2 Å². The monoisotopic (exact) mass is 377 g/mol. The molecule has 25 heavy (non-hydrogen) atoms. The molecular weight excluding hydrogens is 355 g/mol. The smallest absolute Gasteiger partial charge is 0.353 e. The van der Waals surface area contributed by atoms with Gasteiger partial charge in [0.25, 0.3) is 0 Å². The third kappa shape index (κ3) is 3.81. The number of fused-ring (bicyclic) bond motifs is 2. The van der Waals surface area contributed by atoms with Crippen molar-refractivity contribution in [3.63, 3.8) is 0 Å². The zero-order valence-corrected chi connectivity index (χ0v) is 15.1. The summed E-state index contributed by atoms with van der Waals surface area (Å²) in [5.74, 6) is 1.89. The van der Waals surface area contributed by atoms with Crippen LogP contribution in [0.3, 0.4) is 0 Å². The zero-order chi connectivity index (χ0) is 18.4. The lowest BCUT2D eigenvalue weighted by Crippen LogP contribution is -2.40. The highest BCUT2D eigenvalue weighted by molar-refractivity contribution is 6.31. The molecule has 0 aromatic carbocycles. The first-order valence-corrected chi connectivity index (χ1v) is 9.14. The van der Waals surface area contributed by atoms with Crippen LogP contribution in [0.15, 0.2) is 0 Å². The van der Waals surface area contributed by atoms with Gasteiger partial charge < -0.3 is 5.32 Å². The molecule has 4 atom stereocenters. The minimum Gasteiger partial charge on any atom is -0.353 e. The summed E-state index contributed by atoms with van der Waals surface area (Å²) in [6.07, 6.45) is 0.501. The van der Waals surface area contributed by atoms with E-state index in [2.05, 4.69) is 10.4 Å². The second-order valence-corrected chi connectivity index (χ2v) is 7.79. The fourth-order valence-electron chi connectivity index (χ4n) is 4.47. The lowest BCUT2D eigenvalue weighted by atomic mass is 9.84. The predicted octanol–water partition coefficient (Wildman–Crippen LogP) is 4.19. The fraction of sp³-hybridized carbons (Fsp3) is 0.765. The van der Waals surface area contributed by atoms with Gasteiger partial charge in [-0.25, -0.2) is 0 Å². The summed E-state index contributed by atoms with van der Waals surface area (Å²) >= 11 is 5.72. The average molecular weight is 378 g/mol. The van der Waals surface area contributed by atoms with E-state index in [9.17, 15) is 18.0 Å². The Morgan fingerprint density at radius 3 is 2.64 bits per heavy atom. The quantitative estimate of drug-likeness (QED) is 0.836. The van der Waals surface area contributed by atoms with Gasteiger partial charge in [-0.3, -0.25) is 9.48 Å². The van der Waals surface area contributed by atoms with E-state index in [4.69, 9.17) is 11.6 Å². The van der Waals surface area contributed by atoms with Crippen LogP contribution in [-0.4, -0.2) is 21.7 Å². The lowest BCUT2D eigenvalue weighted by molar-refractivity contribution is -0.141. The van der Waals surface area contributed by atoms with E-state index < -0.39 is 16.9 Å². The Morgan fingerprint density at radius 1 is 1.40 bits per heavy atom. The van der Waals surface area contributed by atoms with Crippen molar-refractivity contribution in [2.45, 2.75) is 64.7 Å².